The lowest BCUT2D eigenvalue weighted by Crippen LogP contribution is -2.23. The predicted molar refractivity (Wildman–Crippen MR) is 95.9 cm³/mol. The maximum atomic E-state index is 12.2. The molecule has 0 aliphatic carbocycles. The van der Waals surface area contributed by atoms with Gasteiger partial charge in [0.1, 0.15) is 0 Å². The van der Waals surface area contributed by atoms with Crippen LogP contribution in [0, 0.1) is 6.92 Å². The van der Waals surface area contributed by atoms with Crippen LogP contribution in [-0.4, -0.2) is 20.9 Å². The zero-order valence-corrected chi connectivity index (χ0v) is 13.9. The van der Waals surface area contributed by atoms with Crippen LogP contribution in [0.5, 0.6) is 0 Å². The molecule has 3 rings (SSSR count). The normalized spacial score (nSPS) is 10.3. The van der Waals surface area contributed by atoms with Crippen molar-refractivity contribution >= 4 is 11.9 Å². The molecule has 6 nitrogen and oxygen atoms in total. The molecule has 0 aliphatic rings. The van der Waals surface area contributed by atoms with E-state index in [1.165, 1.54) is 18.0 Å². The number of carbonyl (C=O) groups is 1. The van der Waals surface area contributed by atoms with Gasteiger partial charge in [0.05, 0.1) is 5.56 Å². The largest absolute Gasteiger partial charge is 0.350 e. The van der Waals surface area contributed by atoms with E-state index in [2.05, 4.69) is 25.6 Å². The van der Waals surface area contributed by atoms with Gasteiger partial charge in [-0.05, 0) is 30.2 Å². The minimum absolute atomic E-state index is 0.193. The highest BCUT2D eigenvalue weighted by Gasteiger charge is 2.07. The van der Waals surface area contributed by atoms with E-state index in [0.29, 0.717) is 24.6 Å². The van der Waals surface area contributed by atoms with E-state index in [-0.39, 0.29) is 5.91 Å². The Labute approximate surface area is 146 Å². The van der Waals surface area contributed by atoms with Crippen molar-refractivity contribution in [2.45, 2.75) is 20.0 Å². The van der Waals surface area contributed by atoms with Crippen LogP contribution in [0.25, 0.3) is 0 Å². The van der Waals surface area contributed by atoms with E-state index >= 15 is 0 Å². The average molecular weight is 333 g/mol. The monoisotopic (exact) mass is 333 g/mol. The summed E-state index contributed by atoms with van der Waals surface area (Å²) in [6, 6.07) is 11.9. The number of rotatable bonds is 6. The van der Waals surface area contributed by atoms with Gasteiger partial charge >= 0.3 is 0 Å². The van der Waals surface area contributed by atoms with E-state index in [1.807, 2.05) is 43.3 Å². The van der Waals surface area contributed by atoms with Crippen molar-refractivity contribution in [2.24, 2.45) is 0 Å². The van der Waals surface area contributed by atoms with Gasteiger partial charge in [0.25, 0.3) is 5.91 Å². The molecule has 0 saturated carbocycles. The zero-order chi connectivity index (χ0) is 17.5. The fourth-order valence-corrected chi connectivity index (χ4v) is 2.21. The second kappa shape index (κ2) is 8.01. The number of carbonyl (C=O) groups excluding carboxylic acids is 1. The van der Waals surface area contributed by atoms with Crippen molar-refractivity contribution in [3.63, 3.8) is 0 Å². The van der Waals surface area contributed by atoms with Crippen molar-refractivity contribution in [3.8, 4) is 0 Å². The molecule has 0 saturated heterocycles. The highest BCUT2D eigenvalue weighted by atomic mass is 16.1. The number of hydrogen-bond donors (Lipinski definition) is 2. The van der Waals surface area contributed by atoms with Crippen LogP contribution in [-0.2, 0) is 13.1 Å². The van der Waals surface area contributed by atoms with E-state index in [4.69, 9.17) is 0 Å². The first-order valence-electron chi connectivity index (χ1n) is 7.99. The van der Waals surface area contributed by atoms with Gasteiger partial charge in [-0.3, -0.25) is 9.78 Å². The highest BCUT2D eigenvalue weighted by molar-refractivity contribution is 5.93. The molecule has 0 atom stereocenters. The first kappa shape index (κ1) is 16.6. The molecule has 3 aromatic rings. The molecule has 25 heavy (non-hydrogen) atoms. The van der Waals surface area contributed by atoms with Gasteiger partial charge in [0.15, 0.2) is 0 Å². The van der Waals surface area contributed by atoms with Crippen LogP contribution >= 0.6 is 0 Å². The fraction of sp³-hybridized carbons (Fsp3) is 0.158. The second-order valence-corrected chi connectivity index (χ2v) is 5.67. The molecule has 0 unspecified atom stereocenters. The van der Waals surface area contributed by atoms with Crippen molar-refractivity contribution in [1.82, 2.24) is 20.3 Å². The molecular formula is C19H19N5O. The summed E-state index contributed by atoms with van der Waals surface area (Å²) in [6.07, 6.45) is 6.51. The van der Waals surface area contributed by atoms with E-state index in [9.17, 15) is 4.79 Å². The van der Waals surface area contributed by atoms with Gasteiger partial charge < -0.3 is 10.6 Å². The molecule has 2 aromatic heterocycles. The van der Waals surface area contributed by atoms with Crippen LogP contribution in [0.2, 0.25) is 0 Å². The summed E-state index contributed by atoms with van der Waals surface area (Å²) in [6.45, 7) is 3.10. The zero-order valence-electron chi connectivity index (χ0n) is 13.9. The average Bonchev–Trinajstić information content (AvgIpc) is 2.67. The van der Waals surface area contributed by atoms with Crippen LogP contribution in [0.3, 0.4) is 0 Å². The van der Waals surface area contributed by atoms with Gasteiger partial charge in [0.2, 0.25) is 5.95 Å². The van der Waals surface area contributed by atoms with Crippen LogP contribution in [0.15, 0.2) is 61.2 Å². The quantitative estimate of drug-likeness (QED) is 0.725. The fourth-order valence-electron chi connectivity index (χ4n) is 2.21. The third-order valence-electron chi connectivity index (χ3n) is 3.69. The number of pyridine rings is 1. The van der Waals surface area contributed by atoms with Crippen molar-refractivity contribution in [2.75, 3.05) is 5.32 Å². The van der Waals surface area contributed by atoms with Crippen molar-refractivity contribution in [1.29, 1.82) is 0 Å². The first-order chi connectivity index (χ1) is 12.2. The van der Waals surface area contributed by atoms with E-state index in [0.717, 1.165) is 11.1 Å². The SMILES string of the molecule is Cc1ccc(CNC(=O)c2cnc(NCc3ccncc3)nc2)cc1. The Morgan fingerprint density at radius 2 is 1.56 bits per heavy atom. The molecule has 0 bridgehead atoms. The first-order valence-corrected chi connectivity index (χ1v) is 7.99. The summed E-state index contributed by atoms with van der Waals surface area (Å²) in [4.78, 5) is 24.5. The van der Waals surface area contributed by atoms with Gasteiger partial charge in [-0.25, -0.2) is 9.97 Å². The summed E-state index contributed by atoms with van der Waals surface area (Å²) in [5.74, 6) is 0.285. The van der Waals surface area contributed by atoms with Gasteiger partial charge in [0, 0.05) is 37.9 Å². The minimum atomic E-state index is -0.193. The summed E-state index contributed by atoms with van der Waals surface area (Å²) in [7, 11) is 0. The summed E-state index contributed by atoms with van der Waals surface area (Å²) < 4.78 is 0. The molecule has 2 N–H and O–H groups in total. The Morgan fingerprint density at radius 1 is 0.920 bits per heavy atom. The number of benzene rings is 1. The maximum absolute atomic E-state index is 12.2. The van der Waals surface area contributed by atoms with Gasteiger partial charge in [-0.15, -0.1) is 0 Å². The summed E-state index contributed by atoms with van der Waals surface area (Å²) in [5, 5.41) is 5.97. The Hall–Kier alpha value is -3.28. The Kier molecular flexibility index (Phi) is 5.31. The van der Waals surface area contributed by atoms with Crippen LogP contribution in [0.1, 0.15) is 27.0 Å². The van der Waals surface area contributed by atoms with Crippen LogP contribution < -0.4 is 10.6 Å². The third-order valence-corrected chi connectivity index (χ3v) is 3.69. The number of nitrogens with one attached hydrogen (secondary N) is 2. The number of aromatic nitrogens is 3. The minimum Gasteiger partial charge on any atom is -0.350 e. The molecule has 1 amide bonds. The summed E-state index contributed by atoms with van der Waals surface area (Å²) in [5.41, 5.74) is 3.76. The van der Waals surface area contributed by atoms with Crippen molar-refractivity contribution in [3.05, 3.63) is 83.4 Å². The maximum Gasteiger partial charge on any atom is 0.254 e. The molecule has 2 heterocycles. The second-order valence-electron chi connectivity index (χ2n) is 5.67. The molecule has 126 valence electrons. The number of anilines is 1. The lowest BCUT2D eigenvalue weighted by molar-refractivity contribution is 0.0950. The third kappa shape index (κ3) is 4.84. The molecule has 1 aromatic carbocycles. The molecule has 0 spiro atoms. The standard InChI is InChI=1S/C19H19N5O/c1-14-2-4-15(5-3-14)10-21-18(25)17-12-23-19(24-13-17)22-11-16-6-8-20-9-7-16/h2-9,12-13H,10-11H2,1H3,(H,21,25)(H,22,23,24). The molecule has 6 heteroatoms. The predicted octanol–water partition coefficient (Wildman–Crippen LogP) is 2.72. The van der Waals surface area contributed by atoms with E-state index < -0.39 is 0 Å². The Bertz CT molecular complexity index is 817. The number of amides is 1. The van der Waals surface area contributed by atoms with Crippen LogP contribution in [0.4, 0.5) is 5.95 Å². The molecular weight excluding hydrogens is 314 g/mol. The molecule has 0 fully saturated rings. The highest BCUT2D eigenvalue weighted by Crippen LogP contribution is 2.05. The lowest BCUT2D eigenvalue weighted by atomic mass is 10.1. The smallest absolute Gasteiger partial charge is 0.254 e. The Morgan fingerprint density at radius 3 is 2.24 bits per heavy atom. The van der Waals surface area contributed by atoms with Gasteiger partial charge in [-0.2, -0.15) is 0 Å². The van der Waals surface area contributed by atoms with Gasteiger partial charge in [-0.1, -0.05) is 29.8 Å². The van der Waals surface area contributed by atoms with Crippen molar-refractivity contribution < 1.29 is 4.79 Å². The lowest BCUT2D eigenvalue weighted by Gasteiger charge is -2.07. The molecule has 0 radical (unpaired) electrons. The topological polar surface area (TPSA) is 79.8 Å². The summed E-state index contributed by atoms with van der Waals surface area (Å²) >= 11 is 0. The molecule has 0 aliphatic heterocycles. The number of hydrogen-bond acceptors (Lipinski definition) is 5. The Balaban J connectivity index is 1.52. The van der Waals surface area contributed by atoms with E-state index in [1.54, 1.807) is 12.4 Å². The number of aryl methyl sites for hydroxylation is 1. The number of nitrogens with zero attached hydrogens (tertiary/aromatic N) is 3.